The van der Waals surface area contributed by atoms with E-state index in [-0.39, 0.29) is 6.10 Å². The zero-order chi connectivity index (χ0) is 11.0. The molecule has 0 aliphatic rings. The number of rotatable bonds is 5. The molecule has 0 saturated heterocycles. The van der Waals surface area contributed by atoms with Crippen molar-refractivity contribution in [2.75, 3.05) is 7.11 Å². The van der Waals surface area contributed by atoms with E-state index in [1.807, 2.05) is 13.8 Å². The number of hydrogen-bond acceptors (Lipinski definition) is 4. The molecule has 0 rings (SSSR count). The molecule has 0 bridgehead atoms. The highest BCUT2D eigenvalue weighted by Crippen LogP contribution is 2.01. The van der Waals surface area contributed by atoms with Crippen LogP contribution in [0.1, 0.15) is 26.7 Å². The number of hydrogen-bond donors (Lipinski definition) is 0. The summed E-state index contributed by atoms with van der Waals surface area (Å²) >= 11 is 0. The molecule has 0 radical (unpaired) electrons. The second-order valence-corrected chi connectivity index (χ2v) is 2.89. The highest BCUT2D eigenvalue weighted by molar-refractivity contribution is 5.91. The van der Waals surface area contributed by atoms with Crippen molar-refractivity contribution in [2.24, 2.45) is 0 Å². The molecular weight excluding hydrogens is 184 g/mol. The van der Waals surface area contributed by atoms with Gasteiger partial charge in [0.1, 0.15) is 0 Å². The van der Waals surface area contributed by atoms with Crippen LogP contribution in [0.2, 0.25) is 0 Å². The van der Waals surface area contributed by atoms with E-state index in [0.29, 0.717) is 0 Å². The largest absolute Gasteiger partial charge is 0.466 e. The molecule has 0 amide bonds. The minimum atomic E-state index is -0.565. The topological polar surface area (TPSA) is 52.6 Å². The maximum absolute atomic E-state index is 11.0. The van der Waals surface area contributed by atoms with Crippen LogP contribution in [0, 0.1) is 0 Å². The average molecular weight is 200 g/mol. The zero-order valence-electron chi connectivity index (χ0n) is 8.78. The lowest BCUT2D eigenvalue weighted by atomic mass is 10.2. The Balaban J connectivity index is 3.86. The first-order valence-corrected chi connectivity index (χ1v) is 4.56. The third-order valence-electron chi connectivity index (χ3n) is 1.57. The molecule has 1 atom stereocenters. The Labute approximate surface area is 83.9 Å². The predicted molar refractivity (Wildman–Crippen MR) is 51.6 cm³/mol. The van der Waals surface area contributed by atoms with Crippen LogP contribution in [0.3, 0.4) is 0 Å². The first-order chi connectivity index (χ1) is 6.60. The summed E-state index contributed by atoms with van der Waals surface area (Å²) in [4.78, 5) is 21.6. The van der Waals surface area contributed by atoms with Gasteiger partial charge in [-0.2, -0.15) is 0 Å². The van der Waals surface area contributed by atoms with Gasteiger partial charge in [0.15, 0.2) is 0 Å². The number of carbonyl (C=O) groups is 2. The number of carbonyl (C=O) groups excluding carboxylic acids is 2. The van der Waals surface area contributed by atoms with Crippen LogP contribution in [0.25, 0.3) is 0 Å². The van der Waals surface area contributed by atoms with Crippen molar-refractivity contribution in [3.63, 3.8) is 0 Å². The Morgan fingerprint density at radius 1 is 1.29 bits per heavy atom. The predicted octanol–water partition coefficient (Wildman–Crippen LogP) is 1.45. The zero-order valence-corrected chi connectivity index (χ0v) is 8.78. The minimum Gasteiger partial charge on any atom is -0.466 e. The van der Waals surface area contributed by atoms with E-state index in [4.69, 9.17) is 4.74 Å². The van der Waals surface area contributed by atoms with Gasteiger partial charge < -0.3 is 9.47 Å². The second kappa shape index (κ2) is 7.12. The highest BCUT2D eigenvalue weighted by atomic mass is 16.5. The van der Waals surface area contributed by atoms with E-state index < -0.39 is 11.9 Å². The molecule has 14 heavy (non-hydrogen) atoms. The van der Waals surface area contributed by atoms with Crippen LogP contribution in [0.5, 0.6) is 0 Å². The van der Waals surface area contributed by atoms with E-state index in [0.717, 1.165) is 25.0 Å². The monoisotopic (exact) mass is 200 g/mol. The summed E-state index contributed by atoms with van der Waals surface area (Å²) in [5.74, 6) is -1.08. The lowest BCUT2D eigenvalue weighted by molar-refractivity contribution is -0.143. The van der Waals surface area contributed by atoms with Crippen LogP contribution in [0.15, 0.2) is 12.2 Å². The molecule has 4 nitrogen and oxygen atoms in total. The van der Waals surface area contributed by atoms with Crippen molar-refractivity contribution in [3.05, 3.63) is 12.2 Å². The van der Waals surface area contributed by atoms with Crippen LogP contribution in [-0.2, 0) is 19.1 Å². The maximum Gasteiger partial charge on any atom is 0.331 e. The molecule has 0 aliphatic heterocycles. The first-order valence-electron chi connectivity index (χ1n) is 4.56. The molecule has 0 saturated carbocycles. The van der Waals surface area contributed by atoms with Crippen LogP contribution < -0.4 is 0 Å². The van der Waals surface area contributed by atoms with Gasteiger partial charge in [0.25, 0.3) is 0 Å². The Morgan fingerprint density at radius 2 is 1.86 bits per heavy atom. The fraction of sp³-hybridized carbons (Fsp3) is 0.600. The molecule has 0 heterocycles. The van der Waals surface area contributed by atoms with E-state index in [1.165, 1.54) is 7.11 Å². The van der Waals surface area contributed by atoms with Crippen LogP contribution >= 0.6 is 0 Å². The Bertz CT molecular complexity index is 220. The fourth-order valence-corrected chi connectivity index (χ4v) is 0.907. The number of methoxy groups -OCH3 is 1. The van der Waals surface area contributed by atoms with E-state index in [2.05, 4.69) is 4.74 Å². The number of esters is 2. The smallest absolute Gasteiger partial charge is 0.331 e. The van der Waals surface area contributed by atoms with Crippen molar-refractivity contribution < 1.29 is 19.1 Å². The van der Waals surface area contributed by atoms with Gasteiger partial charge in [-0.25, -0.2) is 9.59 Å². The van der Waals surface area contributed by atoms with Crippen molar-refractivity contribution in [2.45, 2.75) is 32.8 Å². The molecule has 0 aliphatic carbocycles. The van der Waals surface area contributed by atoms with E-state index in [9.17, 15) is 9.59 Å². The molecular formula is C10H16O4. The third kappa shape index (κ3) is 6.22. The lowest BCUT2D eigenvalue weighted by Gasteiger charge is -2.09. The summed E-state index contributed by atoms with van der Waals surface area (Å²) in [6.07, 6.45) is 3.76. The quantitative estimate of drug-likeness (QED) is 0.498. The van der Waals surface area contributed by atoms with Crippen molar-refractivity contribution >= 4 is 11.9 Å². The third-order valence-corrected chi connectivity index (χ3v) is 1.57. The van der Waals surface area contributed by atoms with Crippen molar-refractivity contribution in [1.82, 2.24) is 0 Å². The normalized spacial score (nSPS) is 12.5. The Morgan fingerprint density at radius 3 is 2.36 bits per heavy atom. The maximum atomic E-state index is 11.0. The summed E-state index contributed by atoms with van der Waals surface area (Å²) < 4.78 is 9.27. The van der Waals surface area contributed by atoms with Gasteiger partial charge in [0.05, 0.1) is 13.2 Å². The van der Waals surface area contributed by atoms with Gasteiger partial charge in [-0.15, -0.1) is 0 Å². The summed E-state index contributed by atoms with van der Waals surface area (Å²) in [5, 5.41) is 0. The Kier molecular flexibility index (Phi) is 6.45. The molecule has 80 valence electrons. The molecule has 0 aromatic heterocycles. The Hall–Kier alpha value is -1.32. The van der Waals surface area contributed by atoms with Gasteiger partial charge >= 0.3 is 11.9 Å². The molecule has 0 aromatic carbocycles. The molecule has 0 spiro atoms. The minimum absolute atomic E-state index is 0.116. The van der Waals surface area contributed by atoms with Crippen LogP contribution in [0.4, 0.5) is 0 Å². The van der Waals surface area contributed by atoms with Crippen LogP contribution in [-0.4, -0.2) is 25.2 Å². The molecule has 0 fully saturated rings. The number of ether oxygens (including phenoxy) is 2. The SMILES string of the molecule is CCCC(C)OC(=O)/C=C/C(=O)OC. The standard InChI is InChI=1S/C10H16O4/c1-4-5-8(2)14-10(12)7-6-9(11)13-3/h6-8H,4-5H2,1-3H3/b7-6+. The first kappa shape index (κ1) is 12.7. The lowest BCUT2D eigenvalue weighted by Crippen LogP contribution is -2.12. The van der Waals surface area contributed by atoms with Gasteiger partial charge in [-0.3, -0.25) is 0 Å². The van der Waals surface area contributed by atoms with Gasteiger partial charge in [-0.05, 0) is 13.3 Å². The molecule has 0 aromatic rings. The van der Waals surface area contributed by atoms with E-state index >= 15 is 0 Å². The second-order valence-electron chi connectivity index (χ2n) is 2.89. The average Bonchev–Trinajstić information content (AvgIpc) is 2.14. The molecule has 0 N–H and O–H groups in total. The molecule has 1 unspecified atom stereocenters. The summed E-state index contributed by atoms with van der Waals surface area (Å²) in [5.41, 5.74) is 0. The summed E-state index contributed by atoms with van der Waals surface area (Å²) in [7, 11) is 1.25. The van der Waals surface area contributed by atoms with Crippen molar-refractivity contribution in [3.8, 4) is 0 Å². The van der Waals surface area contributed by atoms with Gasteiger partial charge in [0.2, 0.25) is 0 Å². The highest BCUT2D eigenvalue weighted by Gasteiger charge is 2.05. The summed E-state index contributed by atoms with van der Waals surface area (Å²) in [6.45, 7) is 3.82. The van der Waals surface area contributed by atoms with Gasteiger partial charge in [0, 0.05) is 12.2 Å². The summed E-state index contributed by atoms with van der Waals surface area (Å²) in [6, 6.07) is 0. The fourth-order valence-electron chi connectivity index (χ4n) is 0.907. The van der Waals surface area contributed by atoms with Gasteiger partial charge in [-0.1, -0.05) is 13.3 Å². The van der Waals surface area contributed by atoms with Crippen molar-refractivity contribution in [1.29, 1.82) is 0 Å². The van der Waals surface area contributed by atoms with E-state index in [1.54, 1.807) is 0 Å². The molecule has 4 heteroatoms.